The summed E-state index contributed by atoms with van der Waals surface area (Å²) in [5.41, 5.74) is 4.85. The van der Waals surface area contributed by atoms with E-state index in [0.717, 1.165) is 19.3 Å². The third kappa shape index (κ3) is 6.18. The number of esters is 1. The molecule has 0 aromatic heterocycles. The predicted molar refractivity (Wildman–Crippen MR) is 120 cm³/mol. The van der Waals surface area contributed by atoms with Crippen LogP contribution in [0.3, 0.4) is 0 Å². The van der Waals surface area contributed by atoms with Crippen LogP contribution >= 0.6 is 0 Å². The Bertz CT molecular complexity index is 1010. The van der Waals surface area contributed by atoms with Crippen LogP contribution in [0.2, 0.25) is 0 Å². The Morgan fingerprint density at radius 2 is 1.63 bits per heavy atom. The number of nitriles is 1. The molecule has 0 aliphatic carbocycles. The van der Waals surface area contributed by atoms with E-state index >= 15 is 0 Å². The third-order valence-electron chi connectivity index (χ3n) is 5.12. The van der Waals surface area contributed by atoms with Gasteiger partial charge in [0.15, 0.2) is 0 Å². The summed E-state index contributed by atoms with van der Waals surface area (Å²) in [5, 5.41) is 8.97. The van der Waals surface area contributed by atoms with Gasteiger partial charge in [-0.3, -0.25) is 0 Å². The van der Waals surface area contributed by atoms with Gasteiger partial charge in [0.25, 0.3) is 0 Å². The number of hydrogen-bond donors (Lipinski definition) is 0. The van der Waals surface area contributed by atoms with Gasteiger partial charge in [-0.15, -0.1) is 0 Å². The number of hydrogen-bond acceptors (Lipinski definition) is 3. The molecule has 0 aliphatic rings. The Kier molecular flexibility index (Phi) is 7.58. The second kappa shape index (κ2) is 10.8. The first kappa shape index (κ1) is 21.1. The first-order chi connectivity index (χ1) is 14.7. The van der Waals surface area contributed by atoms with E-state index in [2.05, 4.69) is 30.4 Å². The standard InChI is InChI=1S/C27H25NO2/c1-30-27(29)26-17-15-24(16-18-26)19-23(11-7-21-5-3-2-4-6-21)12-8-22-9-13-25(20-28)14-10-22/h2-7,9-11,13-18,23H,8,12,19H2,1H3/b11-7-. The van der Waals surface area contributed by atoms with Crippen molar-refractivity contribution in [1.29, 1.82) is 5.26 Å². The van der Waals surface area contributed by atoms with Crippen LogP contribution in [0.1, 0.15) is 39.0 Å². The van der Waals surface area contributed by atoms with Crippen molar-refractivity contribution in [1.82, 2.24) is 0 Å². The quantitative estimate of drug-likeness (QED) is 0.450. The molecule has 0 N–H and O–H groups in total. The van der Waals surface area contributed by atoms with Crippen LogP contribution in [0, 0.1) is 17.2 Å². The van der Waals surface area contributed by atoms with Crippen LogP contribution in [0.4, 0.5) is 0 Å². The Morgan fingerprint density at radius 1 is 0.967 bits per heavy atom. The highest BCUT2D eigenvalue weighted by molar-refractivity contribution is 5.89. The van der Waals surface area contributed by atoms with Gasteiger partial charge in [-0.1, -0.05) is 66.7 Å². The second-order valence-corrected chi connectivity index (χ2v) is 7.27. The van der Waals surface area contributed by atoms with Crippen LogP contribution < -0.4 is 0 Å². The predicted octanol–water partition coefficient (Wildman–Crippen LogP) is 5.85. The van der Waals surface area contributed by atoms with Crippen molar-refractivity contribution in [2.24, 2.45) is 5.92 Å². The number of benzene rings is 3. The third-order valence-corrected chi connectivity index (χ3v) is 5.12. The number of methoxy groups -OCH3 is 1. The summed E-state index contributed by atoms with van der Waals surface area (Å²) < 4.78 is 4.78. The molecule has 0 saturated carbocycles. The van der Waals surface area contributed by atoms with Gasteiger partial charge in [0.1, 0.15) is 0 Å². The molecule has 0 amide bonds. The maximum atomic E-state index is 11.7. The lowest BCUT2D eigenvalue weighted by Crippen LogP contribution is -2.05. The number of rotatable bonds is 8. The highest BCUT2D eigenvalue weighted by Gasteiger charge is 2.10. The lowest BCUT2D eigenvalue weighted by atomic mass is 9.91. The van der Waals surface area contributed by atoms with Crippen molar-refractivity contribution in [3.63, 3.8) is 0 Å². The lowest BCUT2D eigenvalue weighted by molar-refractivity contribution is 0.0600. The Labute approximate surface area is 178 Å². The van der Waals surface area contributed by atoms with E-state index in [1.807, 2.05) is 66.7 Å². The maximum Gasteiger partial charge on any atom is 0.337 e. The average Bonchev–Trinajstić information content (AvgIpc) is 2.81. The van der Waals surface area contributed by atoms with Crippen molar-refractivity contribution in [2.75, 3.05) is 7.11 Å². The van der Waals surface area contributed by atoms with Crippen LogP contribution in [0.5, 0.6) is 0 Å². The lowest BCUT2D eigenvalue weighted by Gasteiger charge is -2.14. The minimum absolute atomic E-state index is 0.317. The summed E-state index contributed by atoms with van der Waals surface area (Å²) in [5.74, 6) is 0.0349. The monoisotopic (exact) mass is 395 g/mol. The van der Waals surface area contributed by atoms with Gasteiger partial charge in [-0.2, -0.15) is 5.26 Å². The SMILES string of the molecule is COC(=O)c1ccc(CC(/C=C\c2ccccc2)CCc2ccc(C#N)cc2)cc1. The Hall–Kier alpha value is -3.64. The van der Waals surface area contributed by atoms with Gasteiger partial charge >= 0.3 is 5.97 Å². The fourth-order valence-electron chi connectivity index (χ4n) is 3.37. The molecule has 0 saturated heterocycles. The zero-order chi connectivity index (χ0) is 21.2. The molecule has 1 unspecified atom stereocenters. The molecule has 0 radical (unpaired) electrons. The summed E-state index contributed by atoms with van der Waals surface area (Å²) in [7, 11) is 1.39. The molecule has 3 heteroatoms. The minimum Gasteiger partial charge on any atom is -0.465 e. The van der Waals surface area contributed by atoms with Gasteiger partial charge in [0, 0.05) is 0 Å². The van der Waals surface area contributed by atoms with E-state index in [9.17, 15) is 4.79 Å². The van der Waals surface area contributed by atoms with Gasteiger partial charge in [-0.05, 0) is 66.1 Å². The van der Waals surface area contributed by atoms with Gasteiger partial charge in [0.2, 0.25) is 0 Å². The highest BCUT2D eigenvalue weighted by atomic mass is 16.5. The van der Waals surface area contributed by atoms with Crippen molar-refractivity contribution in [3.8, 4) is 6.07 Å². The smallest absolute Gasteiger partial charge is 0.337 e. The maximum absolute atomic E-state index is 11.7. The van der Waals surface area contributed by atoms with Crippen molar-refractivity contribution < 1.29 is 9.53 Å². The molecule has 30 heavy (non-hydrogen) atoms. The van der Waals surface area contributed by atoms with Crippen LogP contribution in [-0.2, 0) is 17.6 Å². The molecular formula is C27H25NO2. The highest BCUT2D eigenvalue weighted by Crippen LogP contribution is 2.20. The number of aryl methyl sites for hydroxylation is 1. The Morgan fingerprint density at radius 3 is 2.27 bits per heavy atom. The number of carbonyl (C=O) groups excluding carboxylic acids is 1. The zero-order valence-electron chi connectivity index (χ0n) is 17.1. The summed E-state index contributed by atoms with van der Waals surface area (Å²) in [6, 6.07) is 27.9. The van der Waals surface area contributed by atoms with Crippen LogP contribution in [0.15, 0.2) is 84.9 Å². The molecule has 0 bridgehead atoms. The molecule has 3 rings (SSSR count). The molecule has 1 atom stereocenters. The number of allylic oxidation sites excluding steroid dienone is 1. The number of nitrogens with zero attached hydrogens (tertiary/aromatic N) is 1. The first-order valence-corrected chi connectivity index (χ1v) is 10.1. The van der Waals surface area contributed by atoms with E-state index in [-0.39, 0.29) is 5.97 Å². The molecule has 0 fully saturated rings. The summed E-state index contributed by atoms with van der Waals surface area (Å²) in [4.78, 5) is 11.7. The molecular weight excluding hydrogens is 370 g/mol. The molecule has 3 nitrogen and oxygen atoms in total. The minimum atomic E-state index is -0.317. The van der Waals surface area contributed by atoms with E-state index < -0.39 is 0 Å². The van der Waals surface area contributed by atoms with Gasteiger partial charge < -0.3 is 4.74 Å². The number of ether oxygens (including phenoxy) is 1. The normalized spacial score (nSPS) is 11.7. The molecule has 0 spiro atoms. The van der Waals surface area contributed by atoms with Crippen molar-refractivity contribution >= 4 is 12.0 Å². The van der Waals surface area contributed by atoms with E-state index in [1.165, 1.54) is 23.8 Å². The fourth-order valence-corrected chi connectivity index (χ4v) is 3.37. The molecule has 3 aromatic carbocycles. The van der Waals surface area contributed by atoms with E-state index in [0.29, 0.717) is 17.0 Å². The molecule has 0 heterocycles. The second-order valence-electron chi connectivity index (χ2n) is 7.27. The van der Waals surface area contributed by atoms with E-state index in [4.69, 9.17) is 10.00 Å². The number of carbonyl (C=O) groups is 1. The summed E-state index contributed by atoms with van der Waals surface area (Å²) in [6.07, 6.45) is 7.27. The van der Waals surface area contributed by atoms with Crippen molar-refractivity contribution in [3.05, 3.63) is 113 Å². The molecule has 0 aliphatic heterocycles. The zero-order valence-corrected chi connectivity index (χ0v) is 17.1. The summed E-state index contributed by atoms with van der Waals surface area (Å²) in [6.45, 7) is 0. The topological polar surface area (TPSA) is 50.1 Å². The Balaban J connectivity index is 1.71. The largest absolute Gasteiger partial charge is 0.465 e. The van der Waals surface area contributed by atoms with Crippen molar-refractivity contribution in [2.45, 2.75) is 19.3 Å². The fraction of sp³-hybridized carbons (Fsp3) is 0.185. The van der Waals surface area contributed by atoms with Gasteiger partial charge in [-0.25, -0.2) is 4.79 Å². The van der Waals surface area contributed by atoms with Gasteiger partial charge in [0.05, 0.1) is 24.3 Å². The molecule has 150 valence electrons. The van der Waals surface area contributed by atoms with Crippen LogP contribution in [-0.4, -0.2) is 13.1 Å². The average molecular weight is 396 g/mol. The van der Waals surface area contributed by atoms with Crippen LogP contribution in [0.25, 0.3) is 6.08 Å². The first-order valence-electron chi connectivity index (χ1n) is 10.1. The van der Waals surface area contributed by atoms with E-state index in [1.54, 1.807) is 0 Å². The molecule has 3 aromatic rings. The summed E-state index contributed by atoms with van der Waals surface area (Å²) >= 11 is 0.